The maximum Gasteiger partial charge on any atom is 0.119 e. The van der Waals surface area contributed by atoms with Crippen molar-refractivity contribution in [3.63, 3.8) is 0 Å². The lowest BCUT2D eigenvalue weighted by atomic mass is 9.99. The summed E-state index contributed by atoms with van der Waals surface area (Å²) in [7, 11) is 1.72. The summed E-state index contributed by atoms with van der Waals surface area (Å²) >= 11 is 0. The van der Waals surface area contributed by atoms with Gasteiger partial charge in [0.1, 0.15) is 5.75 Å². The second-order valence-electron chi connectivity index (χ2n) is 5.10. The average molecular weight is 263 g/mol. The highest BCUT2D eigenvalue weighted by Crippen LogP contribution is 2.26. The summed E-state index contributed by atoms with van der Waals surface area (Å²) in [6.45, 7) is 4.07. The number of nitrogens with one attached hydrogen (secondary N) is 1. The molecule has 1 aromatic carbocycles. The molecular formula is C16H25NO2. The molecule has 2 atom stereocenters. The minimum Gasteiger partial charge on any atom is -0.497 e. The van der Waals surface area contributed by atoms with E-state index in [1.165, 1.54) is 18.4 Å². The molecule has 0 radical (unpaired) electrons. The molecule has 3 nitrogen and oxygen atoms in total. The van der Waals surface area contributed by atoms with Crippen LogP contribution in [0.3, 0.4) is 0 Å². The Kier molecular flexibility index (Phi) is 5.67. The van der Waals surface area contributed by atoms with E-state index >= 15 is 0 Å². The largest absolute Gasteiger partial charge is 0.497 e. The minimum atomic E-state index is 0.393. The Hall–Kier alpha value is -1.06. The van der Waals surface area contributed by atoms with Crippen molar-refractivity contribution in [1.29, 1.82) is 0 Å². The zero-order chi connectivity index (χ0) is 13.5. The topological polar surface area (TPSA) is 30.5 Å². The molecule has 1 aliphatic rings. The predicted molar refractivity (Wildman–Crippen MR) is 77.6 cm³/mol. The van der Waals surface area contributed by atoms with E-state index in [1.807, 2.05) is 6.07 Å². The monoisotopic (exact) mass is 263 g/mol. The van der Waals surface area contributed by atoms with E-state index in [0.29, 0.717) is 12.1 Å². The van der Waals surface area contributed by atoms with Crippen molar-refractivity contribution in [3.05, 3.63) is 29.8 Å². The van der Waals surface area contributed by atoms with Gasteiger partial charge in [-0.15, -0.1) is 0 Å². The number of ether oxygens (including phenoxy) is 2. The molecule has 0 aromatic heterocycles. The van der Waals surface area contributed by atoms with Gasteiger partial charge < -0.3 is 14.8 Å². The fraction of sp³-hybridized carbons (Fsp3) is 0.625. The Labute approximate surface area is 116 Å². The van der Waals surface area contributed by atoms with E-state index in [0.717, 1.165) is 31.7 Å². The van der Waals surface area contributed by atoms with Gasteiger partial charge in [0.15, 0.2) is 0 Å². The summed E-state index contributed by atoms with van der Waals surface area (Å²) in [5.74, 6) is 0.928. The van der Waals surface area contributed by atoms with Gasteiger partial charge in [-0.05, 0) is 49.9 Å². The average Bonchev–Trinajstić information content (AvgIpc) is 2.97. The standard InChI is InChI=1S/C16H25NO2/c1-3-17-16(10-9-14-8-5-11-19-14)13-6-4-7-15(12-13)18-2/h4,6-7,12,14,16-17H,3,5,8-11H2,1-2H3. The van der Waals surface area contributed by atoms with Crippen LogP contribution >= 0.6 is 0 Å². The van der Waals surface area contributed by atoms with Crippen LogP contribution in [0.2, 0.25) is 0 Å². The number of rotatable bonds is 7. The van der Waals surface area contributed by atoms with E-state index in [1.54, 1.807) is 7.11 Å². The highest BCUT2D eigenvalue weighted by molar-refractivity contribution is 5.30. The van der Waals surface area contributed by atoms with Gasteiger partial charge in [-0.2, -0.15) is 0 Å². The van der Waals surface area contributed by atoms with Crippen molar-refractivity contribution < 1.29 is 9.47 Å². The lowest BCUT2D eigenvalue weighted by Crippen LogP contribution is -2.22. The van der Waals surface area contributed by atoms with Crippen LogP contribution in [0.4, 0.5) is 0 Å². The first-order chi connectivity index (χ1) is 9.33. The molecule has 1 saturated heterocycles. The molecule has 0 aliphatic carbocycles. The van der Waals surface area contributed by atoms with E-state index in [4.69, 9.17) is 9.47 Å². The Morgan fingerprint density at radius 2 is 2.37 bits per heavy atom. The summed E-state index contributed by atoms with van der Waals surface area (Å²) < 4.78 is 11.0. The van der Waals surface area contributed by atoms with Crippen molar-refractivity contribution in [2.24, 2.45) is 0 Å². The second kappa shape index (κ2) is 7.51. The van der Waals surface area contributed by atoms with Crippen LogP contribution in [0.15, 0.2) is 24.3 Å². The number of hydrogen-bond acceptors (Lipinski definition) is 3. The van der Waals surface area contributed by atoms with Gasteiger partial charge >= 0.3 is 0 Å². The molecule has 0 amide bonds. The van der Waals surface area contributed by atoms with E-state index in [-0.39, 0.29) is 0 Å². The highest BCUT2D eigenvalue weighted by atomic mass is 16.5. The van der Waals surface area contributed by atoms with Crippen LogP contribution < -0.4 is 10.1 Å². The Morgan fingerprint density at radius 1 is 1.47 bits per heavy atom. The SMILES string of the molecule is CCNC(CCC1CCCO1)c1cccc(OC)c1. The van der Waals surface area contributed by atoms with Gasteiger partial charge in [0.2, 0.25) is 0 Å². The minimum absolute atomic E-state index is 0.393. The fourth-order valence-corrected chi connectivity index (χ4v) is 2.72. The first-order valence-corrected chi connectivity index (χ1v) is 7.32. The zero-order valence-electron chi connectivity index (χ0n) is 12.0. The van der Waals surface area contributed by atoms with Gasteiger partial charge in [0.05, 0.1) is 13.2 Å². The van der Waals surface area contributed by atoms with E-state index in [2.05, 4.69) is 30.4 Å². The summed E-state index contributed by atoms with van der Waals surface area (Å²) in [6, 6.07) is 8.75. The molecule has 2 rings (SSSR count). The molecule has 106 valence electrons. The normalized spacial score (nSPS) is 20.4. The highest BCUT2D eigenvalue weighted by Gasteiger charge is 2.18. The maximum atomic E-state index is 5.71. The first kappa shape index (κ1) is 14.4. The lowest BCUT2D eigenvalue weighted by molar-refractivity contribution is 0.0996. The van der Waals surface area contributed by atoms with Crippen molar-refractivity contribution in [1.82, 2.24) is 5.32 Å². The lowest BCUT2D eigenvalue weighted by Gasteiger charge is -2.20. The van der Waals surface area contributed by atoms with Crippen LogP contribution in [-0.2, 0) is 4.74 Å². The van der Waals surface area contributed by atoms with Gasteiger partial charge in [-0.3, -0.25) is 0 Å². The molecule has 19 heavy (non-hydrogen) atoms. The maximum absolute atomic E-state index is 5.71. The summed E-state index contributed by atoms with van der Waals surface area (Å²) in [4.78, 5) is 0. The Morgan fingerprint density at radius 3 is 3.05 bits per heavy atom. The molecule has 0 saturated carbocycles. The molecule has 1 N–H and O–H groups in total. The van der Waals surface area contributed by atoms with E-state index in [9.17, 15) is 0 Å². The quantitative estimate of drug-likeness (QED) is 0.818. The molecule has 1 aliphatic heterocycles. The Balaban J connectivity index is 1.96. The van der Waals surface area contributed by atoms with Crippen molar-refractivity contribution in [3.8, 4) is 5.75 Å². The van der Waals surface area contributed by atoms with Crippen LogP contribution in [0.25, 0.3) is 0 Å². The van der Waals surface area contributed by atoms with Crippen molar-refractivity contribution in [2.75, 3.05) is 20.3 Å². The van der Waals surface area contributed by atoms with Gasteiger partial charge in [-0.1, -0.05) is 19.1 Å². The molecule has 1 aromatic rings. The molecule has 0 bridgehead atoms. The Bertz CT molecular complexity index is 375. The summed E-state index contributed by atoms with van der Waals surface area (Å²) in [6.07, 6.45) is 5.15. The van der Waals surface area contributed by atoms with Crippen LogP contribution in [0, 0.1) is 0 Å². The molecule has 1 heterocycles. The molecule has 2 unspecified atom stereocenters. The van der Waals surface area contributed by atoms with Crippen molar-refractivity contribution in [2.45, 2.75) is 44.8 Å². The third-order valence-corrected chi connectivity index (χ3v) is 3.75. The van der Waals surface area contributed by atoms with Gasteiger partial charge in [0.25, 0.3) is 0 Å². The van der Waals surface area contributed by atoms with Crippen molar-refractivity contribution >= 4 is 0 Å². The van der Waals surface area contributed by atoms with Crippen LogP contribution in [-0.4, -0.2) is 26.4 Å². The van der Waals surface area contributed by atoms with E-state index < -0.39 is 0 Å². The first-order valence-electron chi connectivity index (χ1n) is 7.32. The summed E-state index contributed by atoms with van der Waals surface area (Å²) in [5, 5.41) is 3.56. The van der Waals surface area contributed by atoms with Gasteiger partial charge in [-0.25, -0.2) is 0 Å². The summed E-state index contributed by atoms with van der Waals surface area (Å²) in [5.41, 5.74) is 1.30. The van der Waals surface area contributed by atoms with Gasteiger partial charge in [0, 0.05) is 12.6 Å². The molecule has 3 heteroatoms. The molecular weight excluding hydrogens is 238 g/mol. The molecule has 0 spiro atoms. The second-order valence-corrected chi connectivity index (χ2v) is 5.10. The third kappa shape index (κ3) is 4.22. The fourth-order valence-electron chi connectivity index (χ4n) is 2.72. The number of benzene rings is 1. The zero-order valence-corrected chi connectivity index (χ0v) is 12.0. The smallest absolute Gasteiger partial charge is 0.119 e. The number of hydrogen-bond donors (Lipinski definition) is 1. The van der Waals surface area contributed by atoms with Crippen LogP contribution in [0.5, 0.6) is 5.75 Å². The third-order valence-electron chi connectivity index (χ3n) is 3.75. The number of methoxy groups -OCH3 is 1. The molecule has 1 fully saturated rings. The van der Waals surface area contributed by atoms with Crippen LogP contribution in [0.1, 0.15) is 44.2 Å². The predicted octanol–water partition coefficient (Wildman–Crippen LogP) is 3.31.